The van der Waals surface area contributed by atoms with Crippen LogP contribution in [0.15, 0.2) is 186 Å². The van der Waals surface area contributed by atoms with Crippen LogP contribution in [0.25, 0.3) is 115 Å². The van der Waals surface area contributed by atoms with Gasteiger partial charge in [0.1, 0.15) is 11.2 Å². The molecule has 0 unspecified atom stereocenters. The predicted octanol–water partition coefficient (Wildman–Crippen LogP) is 13.9. The first kappa shape index (κ1) is 31.9. The molecule has 4 aromatic heterocycles. The molecule has 0 aliphatic carbocycles. The Labute approximate surface area is 330 Å². The molecule has 0 spiro atoms. The van der Waals surface area contributed by atoms with Crippen LogP contribution in [0.5, 0.6) is 0 Å². The molecule has 0 amide bonds. The average molecular weight is 747 g/mol. The zero-order valence-electron chi connectivity index (χ0n) is 30.4. The van der Waals surface area contributed by atoms with E-state index in [-0.39, 0.29) is 0 Å². The van der Waals surface area contributed by atoms with Crippen LogP contribution in [0.2, 0.25) is 0 Å². The minimum absolute atomic E-state index is 0.618. The molecule has 0 fully saturated rings. The van der Waals surface area contributed by atoms with Gasteiger partial charge in [0.2, 0.25) is 0 Å². The van der Waals surface area contributed by atoms with Crippen molar-refractivity contribution in [2.75, 3.05) is 0 Å². The molecule has 0 radical (unpaired) electrons. The molecule has 12 rings (SSSR count). The van der Waals surface area contributed by atoms with Crippen LogP contribution in [-0.4, -0.2) is 19.5 Å². The minimum atomic E-state index is 0.618. The van der Waals surface area contributed by atoms with E-state index in [1.165, 1.54) is 15.5 Å². The lowest BCUT2D eigenvalue weighted by molar-refractivity contribution is 0.669. The van der Waals surface area contributed by atoms with Gasteiger partial charge in [-0.15, -0.1) is 11.3 Å². The highest BCUT2D eigenvalue weighted by Crippen LogP contribution is 2.48. The standard InChI is InChI=1S/C51H30N4OS/c1-3-14-31(15-4-1)49-52-50(32-16-5-2-6-17-32)54-51(53-49)47-41(55-39-22-10-7-18-35(39)36-19-8-11-23-40(36)55)28-29-45-48(47)46-34(21-13-25-44(46)57-45)33-26-27-38-37-20-9-12-24-42(37)56-43(38)30-33/h1-30H. The molecule has 0 saturated heterocycles. The Morgan fingerprint density at radius 1 is 0.404 bits per heavy atom. The lowest BCUT2D eigenvalue weighted by Crippen LogP contribution is -2.04. The third-order valence-electron chi connectivity index (χ3n) is 11.1. The maximum Gasteiger partial charge on any atom is 0.166 e. The van der Waals surface area contributed by atoms with E-state index in [0.717, 1.165) is 81.9 Å². The van der Waals surface area contributed by atoms with Crippen molar-refractivity contribution in [1.29, 1.82) is 0 Å². The minimum Gasteiger partial charge on any atom is -0.456 e. The molecule has 12 aromatic rings. The maximum absolute atomic E-state index is 6.42. The lowest BCUT2D eigenvalue weighted by Gasteiger charge is -2.17. The Hall–Kier alpha value is -7.41. The van der Waals surface area contributed by atoms with E-state index in [9.17, 15) is 0 Å². The van der Waals surface area contributed by atoms with Crippen molar-refractivity contribution < 1.29 is 4.42 Å². The van der Waals surface area contributed by atoms with E-state index in [0.29, 0.717) is 17.5 Å². The van der Waals surface area contributed by atoms with Crippen LogP contribution in [0.3, 0.4) is 0 Å². The number of para-hydroxylation sites is 3. The molecule has 0 aliphatic rings. The monoisotopic (exact) mass is 746 g/mol. The summed E-state index contributed by atoms with van der Waals surface area (Å²) in [5.41, 5.74) is 10.0. The van der Waals surface area contributed by atoms with Gasteiger partial charge in [0, 0.05) is 52.8 Å². The summed E-state index contributed by atoms with van der Waals surface area (Å²) in [6, 6.07) is 63.7. The molecule has 57 heavy (non-hydrogen) atoms. The Balaban J connectivity index is 1.23. The van der Waals surface area contributed by atoms with Gasteiger partial charge >= 0.3 is 0 Å². The number of hydrogen-bond donors (Lipinski definition) is 0. The third kappa shape index (κ3) is 4.98. The number of thiophene rings is 1. The number of nitrogens with zero attached hydrogens (tertiary/aromatic N) is 4. The van der Waals surface area contributed by atoms with Crippen LogP contribution in [0.4, 0.5) is 0 Å². The zero-order valence-corrected chi connectivity index (χ0v) is 31.2. The first-order valence-electron chi connectivity index (χ1n) is 19.0. The summed E-state index contributed by atoms with van der Waals surface area (Å²) >= 11 is 1.80. The third-order valence-corrected chi connectivity index (χ3v) is 12.2. The van der Waals surface area contributed by atoms with Crippen molar-refractivity contribution in [2.45, 2.75) is 0 Å². The Bertz CT molecular complexity index is 3420. The Morgan fingerprint density at radius 3 is 1.68 bits per heavy atom. The summed E-state index contributed by atoms with van der Waals surface area (Å²) in [4.78, 5) is 15.9. The fraction of sp³-hybridized carbons (Fsp3) is 0. The van der Waals surface area contributed by atoms with Crippen LogP contribution in [0.1, 0.15) is 0 Å². The van der Waals surface area contributed by atoms with Gasteiger partial charge in [-0.05, 0) is 59.7 Å². The summed E-state index contributed by atoms with van der Waals surface area (Å²) in [7, 11) is 0. The fourth-order valence-electron chi connectivity index (χ4n) is 8.55. The van der Waals surface area contributed by atoms with Gasteiger partial charge in [-0.2, -0.15) is 0 Å². The van der Waals surface area contributed by atoms with Crippen LogP contribution >= 0.6 is 11.3 Å². The Kier molecular flexibility index (Phi) is 7.03. The van der Waals surface area contributed by atoms with Gasteiger partial charge in [-0.25, -0.2) is 15.0 Å². The number of fused-ring (bicyclic) bond motifs is 9. The summed E-state index contributed by atoms with van der Waals surface area (Å²) in [6.07, 6.45) is 0. The molecule has 0 aliphatic heterocycles. The molecule has 266 valence electrons. The topological polar surface area (TPSA) is 56.7 Å². The molecular weight excluding hydrogens is 717 g/mol. The lowest BCUT2D eigenvalue weighted by atomic mass is 9.95. The van der Waals surface area contributed by atoms with Crippen molar-refractivity contribution in [3.8, 4) is 51.0 Å². The van der Waals surface area contributed by atoms with Gasteiger partial charge in [-0.1, -0.05) is 133 Å². The highest BCUT2D eigenvalue weighted by molar-refractivity contribution is 7.26. The predicted molar refractivity (Wildman–Crippen MR) is 236 cm³/mol. The maximum atomic E-state index is 6.42. The van der Waals surface area contributed by atoms with Gasteiger partial charge in [0.15, 0.2) is 17.5 Å². The summed E-state index contributed by atoms with van der Waals surface area (Å²) < 4.78 is 11.2. The smallest absolute Gasteiger partial charge is 0.166 e. The second kappa shape index (κ2) is 12.6. The highest BCUT2D eigenvalue weighted by atomic mass is 32.1. The molecular formula is C51H30N4OS. The van der Waals surface area contributed by atoms with Crippen LogP contribution in [-0.2, 0) is 0 Å². The first-order chi connectivity index (χ1) is 28.3. The molecule has 4 heterocycles. The number of furan rings is 1. The Morgan fingerprint density at radius 2 is 0.982 bits per heavy atom. The van der Waals surface area contributed by atoms with E-state index >= 15 is 0 Å². The van der Waals surface area contributed by atoms with E-state index in [2.05, 4.69) is 138 Å². The van der Waals surface area contributed by atoms with Gasteiger partial charge in [0.05, 0.1) is 22.3 Å². The normalized spacial score (nSPS) is 11.9. The van der Waals surface area contributed by atoms with E-state index in [4.69, 9.17) is 19.4 Å². The van der Waals surface area contributed by atoms with E-state index in [1.807, 2.05) is 48.5 Å². The van der Waals surface area contributed by atoms with Crippen molar-refractivity contribution in [3.63, 3.8) is 0 Å². The molecule has 0 bridgehead atoms. The molecule has 0 N–H and O–H groups in total. The number of aromatic nitrogens is 4. The quantitative estimate of drug-likeness (QED) is 0.176. The fourth-order valence-corrected chi connectivity index (χ4v) is 9.69. The van der Waals surface area contributed by atoms with Crippen LogP contribution in [0, 0.1) is 0 Å². The summed E-state index contributed by atoms with van der Waals surface area (Å²) in [5.74, 6) is 1.87. The highest BCUT2D eigenvalue weighted by Gasteiger charge is 2.25. The van der Waals surface area contributed by atoms with Crippen molar-refractivity contribution in [1.82, 2.24) is 19.5 Å². The van der Waals surface area contributed by atoms with Gasteiger partial charge < -0.3 is 8.98 Å². The molecule has 5 nitrogen and oxygen atoms in total. The SMILES string of the molecule is c1ccc(-c2nc(-c3ccccc3)nc(-c3c(-n4c5ccccc5c5ccccc54)ccc4sc5cccc(-c6ccc7c(c6)oc6ccccc67)c5c34)n2)cc1. The average Bonchev–Trinajstić information content (AvgIpc) is 3.96. The zero-order chi connectivity index (χ0) is 37.5. The largest absolute Gasteiger partial charge is 0.456 e. The number of rotatable bonds is 5. The summed E-state index contributed by atoms with van der Waals surface area (Å²) in [6.45, 7) is 0. The van der Waals surface area contributed by atoms with Crippen molar-refractivity contribution in [3.05, 3.63) is 182 Å². The molecule has 0 atom stereocenters. The van der Waals surface area contributed by atoms with Crippen molar-refractivity contribution in [2.24, 2.45) is 0 Å². The second-order valence-corrected chi connectivity index (χ2v) is 15.4. The van der Waals surface area contributed by atoms with Gasteiger partial charge in [0.25, 0.3) is 0 Å². The van der Waals surface area contributed by atoms with E-state index < -0.39 is 0 Å². The van der Waals surface area contributed by atoms with E-state index in [1.54, 1.807) is 11.3 Å². The molecule has 6 heteroatoms. The number of benzene rings is 8. The van der Waals surface area contributed by atoms with Crippen LogP contribution < -0.4 is 0 Å². The number of hydrogen-bond acceptors (Lipinski definition) is 5. The van der Waals surface area contributed by atoms with Crippen molar-refractivity contribution >= 4 is 75.3 Å². The van der Waals surface area contributed by atoms with Gasteiger partial charge in [-0.3, -0.25) is 0 Å². The second-order valence-electron chi connectivity index (χ2n) is 14.3. The first-order valence-corrected chi connectivity index (χ1v) is 19.8. The molecule has 0 saturated carbocycles. The molecule has 8 aromatic carbocycles. The summed E-state index contributed by atoms with van der Waals surface area (Å²) in [5, 5.41) is 6.89.